The van der Waals surface area contributed by atoms with E-state index < -0.39 is 10.0 Å². The van der Waals surface area contributed by atoms with Gasteiger partial charge in [0.15, 0.2) is 0 Å². The minimum atomic E-state index is -3.23. The number of piperazine rings is 1. The number of rotatable bonds is 4. The Labute approximate surface area is 152 Å². The number of benzene rings is 1. The summed E-state index contributed by atoms with van der Waals surface area (Å²) in [5.41, 5.74) is 0.873. The molecule has 1 aliphatic heterocycles. The van der Waals surface area contributed by atoms with Gasteiger partial charge in [-0.2, -0.15) is 4.31 Å². The van der Waals surface area contributed by atoms with E-state index in [0.29, 0.717) is 37.4 Å². The molecule has 1 amide bonds. The predicted molar refractivity (Wildman–Crippen MR) is 99.0 cm³/mol. The van der Waals surface area contributed by atoms with Gasteiger partial charge in [-0.3, -0.25) is 14.2 Å². The number of pyridine rings is 1. The van der Waals surface area contributed by atoms with Crippen LogP contribution in [0.5, 0.6) is 0 Å². The third kappa shape index (κ3) is 3.71. The van der Waals surface area contributed by atoms with Gasteiger partial charge in [-0.1, -0.05) is 18.2 Å². The molecule has 3 rings (SSSR count). The van der Waals surface area contributed by atoms with Crippen LogP contribution in [0, 0.1) is 0 Å². The summed E-state index contributed by atoms with van der Waals surface area (Å²) in [4.78, 5) is 26.5. The SMILES string of the molecule is CCS(=O)(=O)N1CCN(C(=O)c2ccc(=O)n(-c3ccccc3)c2)CC1. The van der Waals surface area contributed by atoms with Crippen LogP contribution in [0.1, 0.15) is 17.3 Å². The van der Waals surface area contributed by atoms with Crippen LogP contribution in [-0.2, 0) is 10.0 Å². The maximum Gasteiger partial charge on any atom is 0.255 e. The lowest BCUT2D eigenvalue weighted by molar-refractivity contribution is 0.0697. The summed E-state index contributed by atoms with van der Waals surface area (Å²) in [6.07, 6.45) is 1.54. The van der Waals surface area contributed by atoms with E-state index >= 15 is 0 Å². The van der Waals surface area contributed by atoms with E-state index in [4.69, 9.17) is 0 Å². The van der Waals surface area contributed by atoms with Crippen LogP contribution < -0.4 is 5.56 Å². The highest BCUT2D eigenvalue weighted by molar-refractivity contribution is 7.89. The third-order valence-electron chi connectivity index (χ3n) is 4.48. The van der Waals surface area contributed by atoms with Gasteiger partial charge in [-0.15, -0.1) is 0 Å². The molecule has 1 aliphatic rings. The van der Waals surface area contributed by atoms with E-state index in [9.17, 15) is 18.0 Å². The molecule has 0 radical (unpaired) electrons. The molecule has 26 heavy (non-hydrogen) atoms. The number of para-hydroxylation sites is 1. The second-order valence-electron chi connectivity index (χ2n) is 6.05. The Kier molecular flexibility index (Phi) is 5.24. The maximum absolute atomic E-state index is 12.8. The molecule has 0 N–H and O–H groups in total. The Balaban J connectivity index is 1.79. The number of aromatic nitrogens is 1. The lowest BCUT2D eigenvalue weighted by Crippen LogP contribution is -2.51. The lowest BCUT2D eigenvalue weighted by atomic mass is 10.2. The maximum atomic E-state index is 12.8. The minimum absolute atomic E-state index is 0.0585. The summed E-state index contributed by atoms with van der Waals surface area (Å²) in [7, 11) is -3.23. The Morgan fingerprint density at radius 3 is 2.27 bits per heavy atom. The molecule has 1 aromatic carbocycles. The number of hydrogen-bond acceptors (Lipinski definition) is 4. The quantitative estimate of drug-likeness (QED) is 0.797. The van der Waals surface area contributed by atoms with Gasteiger partial charge in [0, 0.05) is 44.1 Å². The van der Waals surface area contributed by atoms with Crippen LogP contribution in [0.3, 0.4) is 0 Å². The molecular formula is C18H21N3O4S. The van der Waals surface area contributed by atoms with Crippen molar-refractivity contribution in [3.8, 4) is 5.69 Å². The fourth-order valence-electron chi connectivity index (χ4n) is 2.94. The van der Waals surface area contributed by atoms with Gasteiger partial charge in [0.25, 0.3) is 11.5 Å². The standard InChI is InChI=1S/C18H21N3O4S/c1-2-26(24,25)20-12-10-19(11-13-20)18(23)15-8-9-17(22)21(14-15)16-6-4-3-5-7-16/h3-9,14H,2,10-13H2,1H3. The first-order valence-corrected chi connectivity index (χ1v) is 10.1. The molecule has 0 saturated carbocycles. The van der Waals surface area contributed by atoms with E-state index in [1.807, 2.05) is 18.2 Å². The molecular weight excluding hydrogens is 354 g/mol. The molecule has 0 unspecified atom stereocenters. The van der Waals surface area contributed by atoms with Crippen molar-refractivity contribution in [2.24, 2.45) is 0 Å². The largest absolute Gasteiger partial charge is 0.336 e. The van der Waals surface area contributed by atoms with Crippen molar-refractivity contribution in [3.05, 3.63) is 64.6 Å². The van der Waals surface area contributed by atoms with E-state index in [2.05, 4.69) is 0 Å². The lowest BCUT2D eigenvalue weighted by Gasteiger charge is -2.33. The van der Waals surface area contributed by atoms with E-state index in [0.717, 1.165) is 0 Å². The molecule has 8 heteroatoms. The molecule has 0 spiro atoms. The highest BCUT2D eigenvalue weighted by atomic mass is 32.2. The molecule has 1 fully saturated rings. The predicted octanol–water partition coefficient (Wildman–Crippen LogP) is 0.945. The minimum Gasteiger partial charge on any atom is -0.336 e. The molecule has 2 heterocycles. The molecule has 7 nitrogen and oxygen atoms in total. The zero-order valence-electron chi connectivity index (χ0n) is 14.5. The molecule has 0 bridgehead atoms. The van der Waals surface area contributed by atoms with Crippen LogP contribution in [0.2, 0.25) is 0 Å². The van der Waals surface area contributed by atoms with Crippen LogP contribution in [-0.4, -0.2) is 60.0 Å². The molecule has 0 atom stereocenters. The van der Waals surface area contributed by atoms with Crippen molar-refractivity contribution in [1.29, 1.82) is 0 Å². The molecule has 2 aromatic rings. The van der Waals surface area contributed by atoms with Crippen LogP contribution >= 0.6 is 0 Å². The number of carbonyl (C=O) groups is 1. The topological polar surface area (TPSA) is 79.7 Å². The first kappa shape index (κ1) is 18.3. The van der Waals surface area contributed by atoms with Crippen molar-refractivity contribution >= 4 is 15.9 Å². The van der Waals surface area contributed by atoms with Gasteiger partial charge in [0.1, 0.15) is 0 Å². The summed E-state index contributed by atoms with van der Waals surface area (Å²) in [6.45, 7) is 2.87. The normalized spacial score (nSPS) is 15.8. The van der Waals surface area contributed by atoms with E-state index in [1.165, 1.54) is 27.2 Å². The van der Waals surface area contributed by atoms with Crippen molar-refractivity contribution in [1.82, 2.24) is 13.8 Å². The zero-order chi connectivity index (χ0) is 18.7. The highest BCUT2D eigenvalue weighted by Gasteiger charge is 2.28. The number of sulfonamides is 1. The number of carbonyl (C=O) groups excluding carboxylic acids is 1. The van der Waals surface area contributed by atoms with Gasteiger partial charge in [-0.25, -0.2) is 8.42 Å². The van der Waals surface area contributed by atoms with Crippen molar-refractivity contribution < 1.29 is 13.2 Å². The summed E-state index contributed by atoms with van der Waals surface area (Å²) in [5, 5.41) is 0. The van der Waals surface area contributed by atoms with Crippen LogP contribution in [0.25, 0.3) is 5.69 Å². The second-order valence-corrected chi connectivity index (χ2v) is 8.31. The average Bonchev–Trinajstić information content (AvgIpc) is 2.68. The van der Waals surface area contributed by atoms with Crippen molar-refractivity contribution in [3.63, 3.8) is 0 Å². The van der Waals surface area contributed by atoms with Gasteiger partial charge < -0.3 is 4.90 Å². The summed E-state index contributed by atoms with van der Waals surface area (Å²) >= 11 is 0. The highest BCUT2D eigenvalue weighted by Crippen LogP contribution is 2.12. The molecule has 1 saturated heterocycles. The third-order valence-corrected chi connectivity index (χ3v) is 6.36. The second kappa shape index (κ2) is 7.43. The van der Waals surface area contributed by atoms with Gasteiger partial charge in [0.2, 0.25) is 10.0 Å². The first-order valence-electron chi connectivity index (χ1n) is 8.47. The van der Waals surface area contributed by atoms with Gasteiger partial charge >= 0.3 is 0 Å². The number of nitrogens with zero attached hydrogens (tertiary/aromatic N) is 3. The molecule has 138 valence electrons. The Morgan fingerprint density at radius 2 is 1.65 bits per heavy atom. The van der Waals surface area contributed by atoms with Crippen LogP contribution in [0.4, 0.5) is 0 Å². The molecule has 0 aliphatic carbocycles. The molecule has 1 aromatic heterocycles. The average molecular weight is 375 g/mol. The Morgan fingerprint density at radius 1 is 1.00 bits per heavy atom. The number of amides is 1. The Bertz CT molecular complexity index is 946. The van der Waals surface area contributed by atoms with Crippen LogP contribution in [0.15, 0.2) is 53.5 Å². The Hall–Kier alpha value is -2.45. The fourth-order valence-corrected chi connectivity index (χ4v) is 4.02. The van der Waals surface area contributed by atoms with Crippen molar-refractivity contribution in [2.45, 2.75) is 6.92 Å². The first-order chi connectivity index (χ1) is 12.4. The monoisotopic (exact) mass is 375 g/mol. The zero-order valence-corrected chi connectivity index (χ0v) is 15.4. The number of hydrogen-bond donors (Lipinski definition) is 0. The summed E-state index contributed by atoms with van der Waals surface area (Å²) in [6, 6.07) is 12.0. The smallest absolute Gasteiger partial charge is 0.255 e. The van der Waals surface area contributed by atoms with Crippen molar-refractivity contribution in [2.75, 3.05) is 31.9 Å². The van der Waals surface area contributed by atoms with E-state index in [1.54, 1.807) is 24.0 Å². The van der Waals surface area contributed by atoms with Gasteiger partial charge in [-0.05, 0) is 25.1 Å². The van der Waals surface area contributed by atoms with Gasteiger partial charge in [0.05, 0.1) is 11.3 Å². The van der Waals surface area contributed by atoms with E-state index in [-0.39, 0.29) is 17.2 Å². The summed E-state index contributed by atoms with van der Waals surface area (Å²) < 4.78 is 26.7. The fraction of sp³-hybridized carbons (Fsp3) is 0.333. The summed E-state index contributed by atoms with van der Waals surface area (Å²) in [5.74, 6) is -0.147.